The zero-order valence-electron chi connectivity index (χ0n) is 18.3. The van der Waals surface area contributed by atoms with Crippen molar-refractivity contribution >= 4 is 64.4 Å². The highest BCUT2D eigenvalue weighted by Gasteiger charge is 2.37. The summed E-state index contributed by atoms with van der Waals surface area (Å²) in [4.78, 5) is 50.8. The van der Waals surface area contributed by atoms with Crippen LogP contribution in [0, 0.1) is 5.82 Å². The van der Waals surface area contributed by atoms with Crippen molar-refractivity contribution in [3.05, 3.63) is 93.7 Å². The predicted molar refractivity (Wildman–Crippen MR) is 132 cm³/mol. The third-order valence-corrected chi connectivity index (χ3v) is 5.71. The molecule has 0 unspecified atom stereocenters. The summed E-state index contributed by atoms with van der Waals surface area (Å²) in [5.41, 5.74) is 0.464. The summed E-state index contributed by atoms with van der Waals surface area (Å²) < 4.78 is 18.9. The zero-order chi connectivity index (χ0) is 25.8. The Kier molecular flexibility index (Phi) is 7.33. The van der Waals surface area contributed by atoms with Crippen LogP contribution in [0.4, 0.5) is 20.6 Å². The van der Waals surface area contributed by atoms with Gasteiger partial charge < -0.3 is 10.1 Å². The van der Waals surface area contributed by atoms with Crippen LogP contribution in [0.2, 0.25) is 10.0 Å². The topological polar surface area (TPSA) is 105 Å². The number of halogens is 3. The first-order valence-corrected chi connectivity index (χ1v) is 11.1. The Balaban J connectivity index is 1.53. The van der Waals surface area contributed by atoms with Gasteiger partial charge >= 0.3 is 6.03 Å². The molecule has 5 amide bonds. The maximum atomic E-state index is 13.3. The van der Waals surface area contributed by atoms with E-state index in [1.807, 2.05) is 0 Å². The van der Waals surface area contributed by atoms with Crippen molar-refractivity contribution in [1.82, 2.24) is 5.32 Å². The van der Waals surface area contributed by atoms with Gasteiger partial charge in [0.15, 0.2) is 6.61 Å². The number of hydrogen-bond acceptors (Lipinski definition) is 5. The minimum absolute atomic E-state index is 0.0841. The lowest BCUT2D eigenvalue weighted by atomic mass is 10.1. The van der Waals surface area contributed by atoms with E-state index in [4.69, 9.17) is 27.9 Å². The molecule has 1 saturated heterocycles. The first-order chi connectivity index (χ1) is 17.2. The van der Waals surface area contributed by atoms with Crippen molar-refractivity contribution in [1.29, 1.82) is 0 Å². The molecule has 0 saturated carbocycles. The highest BCUT2D eigenvalue weighted by Crippen LogP contribution is 2.27. The molecule has 4 rings (SSSR count). The van der Waals surface area contributed by atoms with E-state index >= 15 is 0 Å². The molecule has 1 fully saturated rings. The largest absolute Gasteiger partial charge is 0.483 e. The van der Waals surface area contributed by atoms with Gasteiger partial charge in [-0.15, -0.1) is 0 Å². The van der Waals surface area contributed by atoms with Gasteiger partial charge in [-0.1, -0.05) is 41.4 Å². The normalized spacial score (nSPS) is 14.6. The SMILES string of the molecule is O=C(COc1ccccc1/C=C1\C(=O)NC(=O)N(c2ccc(F)cc2)C1=O)Nc1ccc(Cl)c(Cl)c1. The summed E-state index contributed by atoms with van der Waals surface area (Å²) in [5, 5.41) is 5.32. The molecular weight excluding hydrogens is 512 g/mol. The van der Waals surface area contributed by atoms with Crippen LogP contribution >= 0.6 is 23.2 Å². The first kappa shape index (κ1) is 24.9. The lowest BCUT2D eigenvalue weighted by molar-refractivity contribution is -0.122. The van der Waals surface area contributed by atoms with Gasteiger partial charge in [-0.05, 0) is 54.6 Å². The Hall–Kier alpha value is -4.21. The Bertz CT molecular complexity index is 1410. The van der Waals surface area contributed by atoms with Crippen LogP contribution in [0.25, 0.3) is 6.08 Å². The third kappa shape index (κ3) is 5.54. The standard InChI is InChI=1S/C25H16Cl2FN3O5/c26-19-10-7-16(12-20(19)27)29-22(32)13-36-21-4-2-1-3-14(21)11-18-23(33)30-25(35)31(24(18)34)17-8-5-15(28)6-9-17/h1-12H,13H2,(H,29,32)(H,30,33,35)/b18-11+. The number of imide groups is 2. The van der Waals surface area contributed by atoms with E-state index in [1.165, 1.54) is 30.3 Å². The van der Waals surface area contributed by atoms with Crippen LogP contribution in [-0.2, 0) is 14.4 Å². The molecule has 2 N–H and O–H groups in total. The molecule has 0 spiro atoms. The summed E-state index contributed by atoms with van der Waals surface area (Å²) in [6.07, 6.45) is 1.24. The average molecular weight is 528 g/mol. The number of hydrogen-bond donors (Lipinski definition) is 2. The molecule has 0 radical (unpaired) electrons. The van der Waals surface area contributed by atoms with Crippen molar-refractivity contribution in [2.24, 2.45) is 0 Å². The van der Waals surface area contributed by atoms with Crippen LogP contribution in [0.5, 0.6) is 5.75 Å². The summed E-state index contributed by atoms with van der Waals surface area (Å²) in [5.74, 6) is -2.64. The minimum Gasteiger partial charge on any atom is -0.483 e. The molecule has 0 bridgehead atoms. The Labute approximate surface area is 214 Å². The summed E-state index contributed by atoms with van der Waals surface area (Å²) in [6.45, 7) is -0.388. The molecular formula is C25H16Cl2FN3O5. The van der Waals surface area contributed by atoms with Gasteiger partial charge in [-0.25, -0.2) is 14.1 Å². The fourth-order valence-corrected chi connectivity index (χ4v) is 3.58. The fraction of sp³-hybridized carbons (Fsp3) is 0.0400. The molecule has 3 aromatic rings. The van der Waals surface area contributed by atoms with Crippen LogP contribution in [0.15, 0.2) is 72.3 Å². The van der Waals surface area contributed by atoms with Crippen LogP contribution in [0.3, 0.4) is 0 Å². The molecule has 1 heterocycles. The number of amides is 5. The van der Waals surface area contributed by atoms with Gasteiger partial charge in [0.25, 0.3) is 17.7 Å². The third-order valence-electron chi connectivity index (χ3n) is 4.97. The zero-order valence-corrected chi connectivity index (χ0v) is 19.8. The second-order valence-corrected chi connectivity index (χ2v) is 8.25. The first-order valence-electron chi connectivity index (χ1n) is 10.4. The highest BCUT2D eigenvalue weighted by atomic mass is 35.5. The van der Waals surface area contributed by atoms with Crippen molar-refractivity contribution in [3.8, 4) is 5.75 Å². The van der Waals surface area contributed by atoms with Gasteiger partial charge in [0.05, 0.1) is 15.7 Å². The number of anilines is 2. The fourth-order valence-electron chi connectivity index (χ4n) is 3.28. The van der Waals surface area contributed by atoms with Crippen LogP contribution < -0.4 is 20.3 Å². The van der Waals surface area contributed by atoms with Crippen molar-refractivity contribution < 1.29 is 28.3 Å². The second-order valence-electron chi connectivity index (χ2n) is 7.44. The molecule has 0 aliphatic carbocycles. The van der Waals surface area contributed by atoms with Crippen molar-refractivity contribution in [2.45, 2.75) is 0 Å². The van der Waals surface area contributed by atoms with E-state index in [1.54, 1.807) is 30.3 Å². The van der Waals surface area contributed by atoms with E-state index < -0.39 is 29.6 Å². The molecule has 3 aromatic carbocycles. The Morgan fingerprint density at radius 1 is 1.00 bits per heavy atom. The summed E-state index contributed by atoms with van der Waals surface area (Å²) in [7, 11) is 0. The lowest BCUT2D eigenvalue weighted by Crippen LogP contribution is -2.54. The van der Waals surface area contributed by atoms with Gasteiger partial charge in [-0.2, -0.15) is 0 Å². The quantitative estimate of drug-likeness (QED) is 0.353. The van der Waals surface area contributed by atoms with Gasteiger partial charge in [0, 0.05) is 11.3 Å². The monoisotopic (exact) mass is 527 g/mol. The van der Waals surface area contributed by atoms with Gasteiger partial charge in [0.2, 0.25) is 0 Å². The predicted octanol–water partition coefficient (Wildman–Crippen LogP) is 4.82. The van der Waals surface area contributed by atoms with Gasteiger partial charge in [-0.3, -0.25) is 19.7 Å². The highest BCUT2D eigenvalue weighted by molar-refractivity contribution is 6.42. The number of nitrogens with one attached hydrogen (secondary N) is 2. The van der Waals surface area contributed by atoms with E-state index in [0.29, 0.717) is 16.3 Å². The van der Waals surface area contributed by atoms with E-state index in [9.17, 15) is 23.6 Å². The summed E-state index contributed by atoms with van der Waals surface area (Å²) >= 11 is 11.8. The molecule has 1 aliphatic heterocycles. The number of benzene rings is 3. The maximum absolute atomic E-state index is 13.3. The Morgan fingerprint density at radius 3 is 2.44 bits per heavy atom. The van der Waals surface area contributed by atoms with Crippen molar-refractivity contribution in [2.75, 3.05) is 16.8 Å². The average Bonchev–Trinajstić information content (AvgIpc) is 2.84. The van der Waals surface area contributed by atoms with Crippen LogP contribution in [-0.4, -0.2) is 30.4 Å². The Morgan fingerprint density at radius 2 is 1.72 bits per heavy atom. The van der Waals surface area contributed by atoms with E-state index in [2.05, 4.69) is 10.6 Å². The number of rotatable bonds is 6. The van der Waals surface area contributed by atoms with Crippen molar-refractivity contribution in [3.63, 3.8) is 0 Å². The van der Waals surface area contributed by atoms with E-state index in [0.717, 1.165) is 17.0 Å². The molecule has 36 heavy (non-hydrogen) atoms. The van der Waals surface area contributed by atoms with Gasteiger partial charge in [0.1, 0.15) is 17.1 Å². The molecule has 0 aromatic heterocycles. The molecule has 0 atom stereocenters. The lowest BCUT2D eigenvalue weighted by Gasteiger charge is -2.26. The number of carbonyl (C=O) groups excluding carboxylic acids is 4. The number of para-hydroxylation sites is 1. The maximum Gasteiger partial charge on any atom is 0.335 e. The number of nitrogens with zero attached hydrogens (tertiary/aromatic N) is 1. The smallest absolute Gasteiger partial charge is 0.335 e. The molecule has 11 heteroatoms. The second kappa shape index (κ2) is 10.6. The number of carbonyl (C=O) groups is 4. The molecule has 8 nitrogen and oxygen atoms in total. The number of barbiturate groups is 1. The summed E-state index contributed by atoms with van der Waals surface area (Å²) in [6, 6.07) is 14.7. The minimum atomic E-state index is -0.961. The van der Waals surface area contributed by atoms with Crippen LogP contribution in [0.1, 0.15) is 5.56 Å². The molecule has 1 aliphatic rings. The van der Waals surface area contributed by atoms with E-state index in [-0.39, 0.29) is 28.6 Å². The number of urea groups is 1. The molecule has 182 valence electrons. The number of ether oxygens (including phenoxy) is 1.